The Hall–Kier alpha value is -1.81. The van der Waals surface area contributed by atoms with Gasteiger partial charge < -0.3 is 10.5 Å². The largest absolute Gasteiger partial charge is 0.497 e. The van der Waals surface area contributed by atoms with Crippen LogP contribution in [0.1, 0.15) is 23.7 Å². The van der Waals surface area contributed by atoms with E-state index < -0.39 is 0 Å². The van der Waals surface area contributed by atoms with Crippen LogP contribution in [-0.4, -0.2) is 16.9 Å². The molecule has 88 valence electrons. The van der Waals surface area contributed by atoms with E-state index in [0.717, 1.165) is 30.0 Å². The van der Waals surface area contributed by atoms with Crippen LogP contribution in [0.15, 0.2) is 30.5 Å². The van der Waals surface area contributed by atoms with Crippen molar-refractivity contribution in [1.82, 2.24) is 9.78 Å². The SMILES string of the molecule is COc1ccc(-n2cc3c(n2)C(N)CC3)cc1. The van der Waals surface area contributed by atoms with Crippen LogP contribution in [0.4, 0.5) is 0 Å². The van der Waals surface area contributed by atoms with E-state index >= 15 is 0 Å². The molecule has 4 nitrogen and oxygen atoms in total. The highest BCUT2D eigenvalue weighted by molar-refractivity contribution is 5.39. The summed E-state index contributed by atoms with van der Waals surface area (Å²) in [7, 11) is 1.66. The maximum absolute atomic E-state index is 5.99. The third-order valence-corrected chi connectivity index (χ3v) is 3.24. The molecule has 0 aliphatic heterocycles. The zero-order chi connectivity index (χ0) is 11.8. The molecule has 1 aromatic heterocycles. The van der Waals surface area contributed by atoms with Gasteiger partial charge in [0, 0.05) is 12.2 Å². The maximum atomic E-state index is 5.99. The molecule has 1 atom stereocenters. The molecule has 2 aromatic rings. The molecule has 0 bridgehead atoms. The summed E-state index contributed by atoms with van der Waals surface area (Å²) >= 11 is 0. The van der Waals surface area contributed by atoms with Crippen molar-refractivity contribution in [2.24, 2.45) is 5.73 Å². The lowest BCUT2D eigenvalue weighted by atomic mass is 10.3. The molecule has 0 spiro atoms. The van der Waals surface area contributed by atoms with Gasteiger partial charge in [-0.15, -0.1) is 0 Å². The number of methoxy groups -OCH3 is 1. The predicted molar refractivity (Wildman–Crippen MR) is 65.4 cm³/mol. The average molecular weight is 229 g/mol. The van der Waals surface area contributed by atoms with Gasteiger partial charge in [-0.25, -0.2) is 4.68 Å². The summed E-state index contributed by atoms with van der Waals surface area (Å²) in [6, 6.07) is 7.95. The van der Waals surface area contributed by atoms with Crippen LogP contribution in [0.2, 0.25) is 0 Å². The summed E-state index contributed by atoms with van der Waals surface area (Å²) in [6.45, 7) is 0. The van der Waals surface area contributed by atoms with Crippen molar-refractivity contribution in [3.05, 3.63) is 41.7 Å². The molecule has 1 aliphatic rings. The molecule has 0 radical (unpaired) electrons. The fourth-order valence-electron chi connectivity index (χ4n) is 2.24. The van der Waals surface area contributed by atoms with E-state index in [1.165, 1.54) is 5.56 Å². The second-order valence-electron chi connectivity index (χ2n) is 4.33. The molecule has 1 aliphatic carbocycles. The third kappa shape index (κ3) is 1.70. The van der Waals surface area contributed by atoms with Gasteiger partial charge >= 0.3 is 0 Å². The lowest BCUT2D eigenvalue weighted by Crippen LogP contribution is -2.08. The van der Waals surface area contributed by atoms with Gasteiger partial charge in [0.1, 0.15) is 5.75 Å². The number of nitrogens with two attached hydrogens (primary N) is 1. The summed E-state index contributed by atoms with van der Waals surface area (Å²) in [5.41, 5.74) is 9.34. The van der Waals surface area contributed by atoms with Gasteiger partial charge in [0.2, 0.25) is 0 Å². The molecule has 17 heavy (non-hydrogen) atoms. The molecular weight excluding hydrogens is 214 g/mol. The van der Waals surface area contributed by atoms with Crippen molar-refractivity contribution < 1.29 is 4.74 Å². The van der Waals surface area contributed by atoms with Crippen LogP contribution in [-0.2, 0) is 6.42 Å². The quantitative estimate of drug-likeness (QED) is 0.854. The van der Waals surface area contributed by atoms with E-state index in [1.54, 1.807) is 7.11 Å². The normalized spacial score (nSPS) is 18.1. The molecule has 0 saturated heterocycles. The van der Waals surface area contributed by atoms with Crippen molar-refractivity contribution in [1.29, 1.82) is 0 Å². The minimum Gasteiger partial charge on any atom is -0.497 e. The minimum absolute atomic E-state index is 0.101. The van der Waals surface area contributed by atoms with E-state index in [9.17, 15) is 0 Å². The first-order valence-electron chi connectivity index (χ1n) is 5.76. The Morgan fingerprint density at radius 3 is 2.76 bits per heavy atom. The van der Waals surface area contributed by atoms with Gasteiger partial charge in [0.25, 0.3) is 0 Å². The van der Waals surface area contributed by atoms with Crippen molar-refractivity contribution in [3.8, 4) is 11.4 Å². The van der Waals surface area contributed by atoms with Crippen LogP contribution in [0.5, 0.6) is 5.75 Å². The van der Waals surface area contributed by atoms with Crippen LogP contribution in [0.25, 0.3) is 5.69 Å². The predicted octanol–water partition coefficient (Wildman–Crippen LogP) is 1.83. The number of aromatic nitrogens is 2. The van der Waals surface area contributed by atoms with E-state index in [4.69, 9.17) is 10.5 Å². The van der Waals surface area contributed by atoms with Gasteiger partial charge in [-0.2, -0.15) is 5.10 Å². The molecule has 1 aromatic carbocycles. The molecule has 0 saturated carbocycles. The highest BCUT2D eigenvalue weighted by atomic mass is 16.5. The van der Waals surface area contributed by atoms with Gasteiger partial charge in [0.05, 0.1) is 18.5 Å². The summed E-state index contributed by atoms with van der Waals surface area (Å²) < 4.78 is 7.03. The fourth-order valence-corrected chi connectivity index (χ4v) is 2.24. The Bertz CT molecular complexity index is 530. The highest BCUT2D eigenvalue weighted by Crippen LogP contribution is 2.28. The van der Waals surface area contributed by atoms with Gasteiger partial charge in [-0.3, -0.25) is 0 Å². The lowest BCUT2D eigenvalue weighted by Gasteiger charge is -2.04. The Morgan fingerprint density at radius 1 is 1.35 bits per heavy atom. The number of hydrogen-bond donors (Lipinski definition) is 1. The number of rotatable bonds is 2. The Labute approximate surface area is 100 Å². The van der Waals surface area contributed by atoms with E-state index in [0.29, 0.717) is 0 Å². The second kappa shape index (κ2) is 3.89. The zero-order valence-corrected chi connectivity index (χ0v) is 9.76. The molecular formula is C13H15N3O. The number of fused-ring (bicyclic) bond motifs is 1. The maximum Gasteiger partial charge on any atom is 0.119 e. The smallest absolute Gasteiger partial charge is 0.119 e. The van der Waals surface area contributed by atoms with Crippen molar-refractivity contribution in [2.45, 2.75) is 18.9 Å². The summed E-state index contributed by atoms with van der Waals surface area (Å²) in [5, 5.41) is 4.55. The molecule has 1 heterocycles. The highest BCUT2D eigenvalue weighted by Gasteiger charge is 2.23. The average Bonchev–Trinajstić information content (AvgIpc) is 2.92. The van der Waals surface area contributed by atoms with Crippen molar-refractivity contribution >= 4 is 0 Å². The minimum atomic E-state index is 0.101. The molecule has 0 amide bonds. The summed E-state index contributed by atoms with van der Waals surface area (Å²) in [5.74, 6) is 0.852. The van der Waals surface area contributed by atoms with Gasteiger partial charge in [-0.1, -0.05) is 0 Å². The number of nitrogens with zero attached hydrogens (tertiary/aromatic N) is 2. The number of benzene rings is 1. The Balaban J connectivity index is 1.96. The van der Waals surface area contributed by atoms with Gasteiger partial charge in [0.15, 0.2) is 0 Å². The molecule has 0 fully saturated rings. The third-order valence-electron chi connectivity index (χ3n) is 3.24. The zero-order valence-electron chi connectivity index (χ0n) is 9.76. The summed E-state index contributed by atoms with van der Waals surface area (Å²) in [4.78, 5) is 0. The van der Waals surface area contributed by atoms with Crippen LogP contribution >= 0.6 is 0 Å². The van der Waals surface area contributed by atoms with Crippen molar-refractivity contribution in [2.75, 3.05) is 7.11 Å². The Kier molecular flexibility index (Phi) is 2.37. The number of aryl methyl sites for hydroxylation is 1. The van der Waals surface area contributed by atoms with E-state index in [1.807, 2.05) is 28.9 Å². The first-order valence-corrected chi connectivity index (χ1v) is 5.76. The molecule has 4 heteroatoms. The van der Waals surface area contributed by atoms with E-state index in [2.05, 4.69) is 11.3 Å². The number of ether oxygens (including phenoxy) is 1. The van der Waals surface area contributed by atoms with Crippen LogP contribution < -0.4 is 10.5 Å². The topological polar surface area (TPSA) is 53.1 Å². The molecule has 2 N–H and O–H groups in total. The summed E-state index contributed by atoms with van der Waals surface area (Å²) in [6.07, 6.45) is 4.12. The molecule has 3 rings (SSSR count). The number of hydrogen-bond acceptors (Lipinski definition) is 3. The standard InChI is InChI=1S/C13H15N3O/c1-17-11-5-3-10(4-6-11)16-8-9-2-7-12(14)13(9)15-16/h3-6,8,12H,2,7,14H2,1H3. The van der Waals surface area contributed by atoms with Crippen LogP contribution in [0.3, 0.4) is 0 Å². The Morgan fingerprint density at radius 2 is 2.12 bits per heavy atom. The van der Waals surface area contributed by atoms with E-state index in [-0.39, 0.29) is 6.04 Å². The van der Waals surface area contributed by atoms with Crippen molar-refractivity contribution in [3.63, 3.8) is 0 Å². The fraction of sp³-hybridized carbons (Fsp3) is 0.308. The van der Waals surface area contributed by atoms with Gasteiger partial charge in [-0.05, 0) is 42.7 Å². The first kappa shape index (κ1) is 10.4. The molecule has 1 unspecified atom stereocenters. The lowest BCUT2D eigenvalue weighted by molar-refractivity contribution is 0.414. The monoisotopic (exact) mass is 229 g/mol. The van der Waals surface area contributed by atoms with Crippen LogP contribution in [0, 0.1) is 0 Å². The first-order chi connectivity index (χ1) is 8.28. The second-order valence-corrected chi connectivity index (χ2v) is 4.33.